The van der Waals surface area contributed by atoms with Crippen molar-refractivity contribution < 1.29 is 18.0 Å². The first kappa shape index (κ1) is 23.7. The Balaban J connectivity index is 1.46. The van der Waals surface area contributed by atoms with E-state index >= 15 is 0 Å². The topological polar surface area (TPSA) is 86.8 Å². The van der Waals surface area contributed by atoms with Crippen molar-refractivity contribution in [2.45, 2.75) is 17.4 Å². The van der Waals surface area contributed by atoms with Crippen LogP contribution in [0.5, 0.6) is 0 Å². The molecule has 1 fully saturated rings. The minimum absolute atomic E-state index is 0.00199. The summed E-state index contributed by atoms with van der Waals surface area (Å²) in [5.74, 6) is -0.619. The molecule has 3 aromatic carbocycles. The van der Waals surface area contributed by atoms with Gasteiger partial charge in [-0.3, -0.25) is 14.3 Å². The minimum Gasteiger partial charge on any atom is -0.332 e. The van der Waals surface area contributed by atoms with E-state index in [9.17, 15) is 18.0 Å². The monoisotopic (exact) mass is 529 g/mol. The summed E-state index contributed by atoms with van der Waals surface area (Å²) in [5, 5.41) is 0.676. The summed E-state index contributed by atoms with van der Waals surface area (Å²) < 4.78 is 28.4. The Hall–Kier alpha value is -3.07. The average Bonchev–Trinajstić information content (AvgIpc) is 2.84. The number of hydrogen-bond donors (Lipinski definition) is 1. The number of piperazine rings is 1. The lowest BCUT2D eigenvalue weighted by atomic mass is 9.90. The maximum absolute atomic E-state index is 13.6. The van der Waals surface area contributed by atoms with E-state index in [0.717, 1.165) is 17.5 Å². The molecule has 0 spiro atoms. The molecule has 35 heavy (non-hydrogen) atoms. The second kappa shape index (κ2) is 9.18. The molecule has 0 bridgehead atoms. The van der Waals surface area contributed by atoms with Crippen LogP contribution in [0.1, 0.15) is 27.5 Å². The van der Waals surface area contributed by atoms with E-state index in [2.05, 4.69) is 4.72 Å². The van der Waals surface area contributed by atoms with Gasteiger partial charge >= 0.3 is 0 Å². The highest BCUT2D eigenvalue weighted by molar-refractivity contribution is 7.92. The van der Waals surface area contributed by atoms with Gasteiger partial charge in [0.2, 0.25) is 5.91 Å². The van der Waals surface area contributed by atoms with Crippen molar-refractivity contribution in [3.63, 3.8) is 0 Å². The summed E-state index contributed by atoms with van der Waals surface area (Å²) in [6, 6.07) is 17.7. The number of rotatable bonds is 4. The Morgan fingerprint density at radius 3 is 2.46 bits per heavy atom. The molecular weight excluding hydrogens is 509 g/mol. The molecule has 180 valence electrons. The van der Waals surface area contributed by atoms with Crippen LogP contribution >= 0.6 is 23.2 Å². The highest BCUT2D eigenvalue weighted by Crippen LogP contribution is 2.34. The highest BCUT2D eigenvalue weighted by atomic mass is 35.5. The second-order valence-electron chi connectivity index (χ2n) is 8.49. The number of carbonyl (C=O) groups is 2. The first-order chi connectivity index (χ1) is 16.7. The Morgan fingerprint density at radius 1 is 0.971 bits per heavy atom. The lowest BCUT2D eigenvalue weighted by molar-refractivity contribution is -0.139. The highest BCUT2D eigenvalue weighted by Gasteiger charge is 2.39. The van der Waals surface area contributed by atoms with Crippen molar-refractivity contribution in [1.29, 1.82) is 0 Å². The number of fused-ring (bicyclic) bond motifs is 3. The smallest absolute Gasteiger partial charge is 0.261 e. The third kappa shape index (κ3) is 4.61. The molecule has 7 nitrogen and oxygen atoms in total. The van der Waals surface area contributed by atoms with E-state index in [1.165, 1.54) is 47.4 Å². The maximum Gasteiger partial charge on any atom is 0.261 e. The van der Waals surface area contributed by atoms with Crippen molar-refractivity contribution in [1.82, 2.24) is 9.80 Å². The van der Waals surface area contributed by atoms with E-state index in [0.29, 0.717) is 18.1 Å². The van der Waals surface area contributed by atoms with Crippen molar-refractivity contribution in [3.8, 4) is 0 Å². The molecule has 0 aromatic heterocycles. The zero-order valence-electron chi connectivity index (χ0n) is 18.4. The zero-order chi connectivity index (χ0) is 24.7. The first-order valence-corrected chi connectivity index (χ1v) is 13.2. The molecule has 2 heterocycles. The number of nitrogens with zero attached hydrogens (tertiary/aromatic N) is 2. The van der Waals surface area contributed by atoms with Gasteiger partial charge < -0.3 is 9.80 Å². The molecule has 2 aliphatic rings. The van der Waals surface area contributed by atoms with Crippen LogP contribution < -0.4 is 4.72 Å². The predicted octanol–water partition coefficient (Wildman–Crippen LogP) is 4.38. The summed E-state index contributed by atoms with van der Waals surface area (Å²) in [6.07, 6.45) is 0.775. The lowest BCUT2D eigenvalue weighted by Crippen LogP contribution is -2.55. The largest absolute Gasteiger partial charge is 0.332 e. The summed E-state index contributed by atoms with van der Waals surface area (Å²) in [6.45, 7) is 0.816. The summed E-state index contributed by atoms with van der Waals surface area (Å²) in [5.41, 5.74) is 2.34. The molecule has 0 unspecified atom stereocenters. The second-order valence-corrected chi connectivity index (χ2v) is 11.0. The quantitative estimate of drug-likeness (QED) is 0.543. The van der Waals surface area contributed by atoms with Gasteiger partial charge in [-0.25, -0.2) is 8.42 Å². The minimum atomic E-state index is -4.00. The van der Waals surface area contributed by atoms with Gasteiger partial charge in [-0.2, -0.15) is 0 Å². The van der Waals surface area contributed by atoms with Crippen LogP contribution in [0.3, 0.4) is 0 Å². The molecule has 0 radical (unpaired) electrons. The normalized spacial score (nSPS) is 17.5. The number of sulfonamides is 1. The molecule has 1 atom stereocenters. The van der Waals surface area contributed by atoms with E-state index in [1.54, 1.807) is 0 Å². The maximum atomic E-state index is 13.6. The first-order valence-electron chi connectivity index (χ1n) is 11.0. The van der Waals surface area contributed by atoms with E-state index < -0.39 is 15.9 Å². The Labute approximate surface area is 213 Å². The molecule has 10 heteroatoms. The van der Waals surface area contributed by atoms with E-state index in [4.69, 9.17) is 23.2 Å². The SMILES string of the molecule is O=C(c1cc(Cl)ccc1NS(=O)(=O)c1ccc(Cl)cc1)N1CC(=O)N2CCc3ccccc3[C@@H]2C1. The van der Waals surface area contributed by atoms with Crippen LogP contribution in [0.15, 0.2) is 71.6 Å². The average molecular weight is 530 g/mol. The van der Waals surface area contributed by atoms with Gasteiger partial charge in [0.15, 0.2) is 0 Å². The van der Waals surface area contributed by atoms with Crippen molar-refractivity contribution in [2.24, 2.45) is 0 Å². The fourth-order valence-corrected chi connectivity index (χ4v) is 5.98. The van der Waals surface area contributed by atoms with Gasteiger partial charge in [-0.15, -0.1) is 0 Å². The molecule has 3 aromatic rings. The standard InChI is InChI=1S/C25H21Cl2N3O4S/c26-17-5-8-19(9-6-17)35(33,34)28-22-10-7-18(27)13-21(22)25(32)29-14-23-20-4-2-1-3-16(20)11-12-30(23)24(31)15-29/h1-10,13,23,28H,11-12,14-15H2/t23-/m0/s1. The molecule has 5 rings (SSSR count). The van der Waals surface area contributed by atoms with Crippen molar-refractivity contribution in [3.05, 3.63) is 93.5 Å². The van der Waals surface area contributed by atoms with Crippen molar-refractivity contribution >= 4 is 50.7 Å². The van der Waals surface area contributed by atoms with Crippen LogP contribution in [-0.2, 0) is 21.2 Å². The van der Waals surface area contributed by atoms with Crippen LogP contribution in [0.2, 0.25) is 10.0 Å². The number of carbonyl (C=O) groups excluding carboxylic acids is 2. The predicted molar refractivity (Wildman–Crippen MR) is 134 cm³/mol. The van der Waals surface area contributed by atoms with Crippen LogP contribution in [-0.4, -0.2) is 49.7 Å². The zero-order valence-corrected chi connectivity index (χ0v) is 20.8. The summed E-state index contributed by atoms with van der Waals surface area (Å²) in [7, 11) is -4.00. The molecular formula is C25H21Cl2N3O4S. The van der Waals surface area contributed by atoms with Crippen LogP contribution in [0.4, 0.5) is 5.69 Å². The van der Waals surface area contributed by atoms with Gasteiger partial charge in [0, 0.05) is 23.1 Å². The molecule has 0 aliphatic carbocycles. The third-order valence-electron chi connectivity index (χ3n) is 6.32. The van der Waals surface area contributed by atoms with Crippen molar-refractivity contribution in [2.75, 3.05) is 24.4 Å². The van der Waals surface area contributed by atoms with Gasteiger partial charge in [-0.05, 0) is 60.0 Å². The number of hydrogen-bond acceptors (Lipinski definition) is 4. The molecule has 2 aliphatic heterocycles. The van der Waals surface area contributed by atoms with Gasteiger partial charge in [-0.1, -0.05) is 47.5 Å². The Bertz CT molecular complexity index is 1430. The number of nitrogens with one attached hydrogen (secondary N) is 1. The van der Waals surface area contributed by atoms with E-state index in [1.807, 2.05) is 29.2 Å². The number of amides is 2. The Morgan fingerprint density at radius 2 is 1.69 bits per heavy atom. The van der Waals surface area contributed by atoms with Gasteiger partial charge in [0.1, 0.15) is 6.54 Å². The molecule has 0 saturated carbocycles. The van der Waals surface area contributed by atoms with Gasteiger partial charge in [0.05, 0.1) is 22.2 Å². The number of halogens is 2. The third-order valence-corrected chi connectivity index (χ3v) is 8.19. The molecule has 1 N–H and O–H groups in total. The summed E-state index contributed by atoms with van der Waals surface area (Å²) >= 11 is 12.0. The fourth-order valence-electron chi connectivity index (χ4n) is 4.60. The fraction of sp³-hybridized carbons (Fsp3) is 0.200. The molecule has 1 saturated heterocycles. The van der Waals surface area contributed by atoms with E-state index in [-0.39, 0.29) is 39.7 Å². The van der Waals surface area contributed by atoms with Crippen LogP contribution in [0, 0.1) is 0 Å². The number of anilines is 1. The van der Waals surface area contributed by atoms with Gasteiger partial charge in [0.25, 0.3) is 15.9 Å². The molecule has 2 amide bonds. The lowest BCUT2D eigenvalue weighted by Gasteiger charge is -2.44. The Kier molecular flexibility index (Phi) is 6.21. The number of benzene rings is 3. The summed E-state index contributed by atoms with van der Waals surface area (Å²) in [4.78, 5) is 29.8. The van der Waals surface area contributed by atoms with Crippen LogP contribution in [0.25, 0.3) is 0 Å².